The van der Waals surface area contributed by atoms with Crippen molar-refractivity contribution in [2.75, 3.05) is 20.3 Å². The standard InChI is InChI=1S/C14H28N2O8/c1-5-8(15)10(19)13(7(4-18)22-5)24-14-9(16)11(20)12(21-2)6(3-17)23-14/h5-14,17-20H,3-4,15-16H2,1-2H3/t5-,6?,7?,8?,9?,10?,11+,12+,13+,14-/m0/s1. The third-order valence-electron chi connectivity index (χ3n) is 4.67. The van der Waals surface area contributed by atoms with Gasteiger partial charge in [0, 0.05) is 7.11 Å². The fourth-order valence-electron chi connectivity index (χ4n) is 3.13. The topological polar surface area (TPSA) is 170 Å². The molecule has 0 bridgehead atoms. The number of aliphatic hydroxyl groups is 4. The van der Waals surface area contributed by atoms with Crippen LogP contribution in [0.15, 0.2) is 0 Å². The number of methoxy groups -OCH3 is 1. The van der Waals surface area contributed by atoms with E-state index in [9.17, 15) is 20.4 Å². The third-order valence-corrected chi connectivity index (χ3v) is 4.67. The summed E-state index contributed by atoms with van der Waals surface area (Å²) < 4.78 is 21.9. The van der Waals surface area contributed by atoms with Gasteiger partial charge in [-0.3, -0.25) is 0 Å². The van der Waals surface area contributed by atoms with Gasteiger partial charge in [-0.2, -0.15) is 0 Å². The predicted octanol–water partition coefficient (Wildman–Crippen LogP) is -3.74. The van der Waals surface area contributed by atoms with E-state index in [4.69, 9.17) is 30.4 Å². The second-order valence-electron chi connectivity index (χ2n) is 6.22. The first kappa shape index (κ1) is 19.9. The van der Waals surface area contributed by atoms with Gasteiger partial charge in [-0.05, 0) is 6.92 Å². The summed E-state index contributed by atoms with van der Waals surface area (Å²) in [7, 11) is 1.37. The van der Waals surface area contributed by atoms with Gasteiger partial charge in [0.15, 0.2) is 6.29 Å². The molecule has 0 amide bonds. The minimum absolute atomic E-state index is 0.395. The van der Waals surface area contributed by atoms with Crippen LogP contribution < -0.4 is 11.5 Å². The number of nitrogens with two attached hydrogens (primary N) is 2. The van der Waals surface area contributed by atoms with Gasteiger partial charge in [-0.1, -0.05) is 0 Å². The molecule has 0 saturated carbocycles. The highest BCUT2D eigenvalue weighted by molar-refractivity contribution is 4.97. The Morgan fingerprint density at radius 2 is 1.46 bits per heavy atom. The molecule has 2 rings (SSSR count). The highest BCUT2D eigenvalue weighted by Gasteiger charge is 2.49. The zero-order valence-corrected chi connectivity index (χ0v) is 13.8. The molecular formula is C14H28N2O8. The van der Waals surface area contributed by atoms with Gasteiger partial charge >= 0.3 is 0 Å². The lowest BCUT2D eigenvalue weighted by molar-refractivity contribution is -0.312. The average molecular weight is 352 g/mol. The number of hydrogen-bond donors (Lipinski definition) is 6. The molecule has 2 aliphatic heterocycles. The summed E-state index contributed by atoms with van der Waals surface area (Å²) in [5.74, 6) is 0. The molecule has 0 aliphatic carbocycles. The van der Waals surface area contributed by atoms with Crippen LogP contribution in [0.1, 0.15) is 6.92 Å². The molecule has 8 N–H and O–H groups in total. The van der Waals surface area contributed by atoms with Gasteiger partial charge in [0.05, 0.1) is 31.4 Å². The number of ether oxygens (including phenoxy) is 4. The maximum atomic E-state index is 10.3. The summed E-state index contributed by atoms with van der Waals surface area (Å²) in [5, 5.41) is 39.4. The SMILES string of the molecule is CO[C@@H]1C(CO)O[C@@H](O[C@@H]2C(CO)O[C@@H](C)C(N)C2O)C(N)[C@H]1O. The van der Waals surface area contributed by atoms with Gasteiger partial charge in [0.1, 0.15) is 36.6 Å². The van der Waals surface area contributed by atoms with Gasteiger partial charge in [0.25, 0.3) is 0 Å². The van der Waals surface area contributed by atoms with Crippen molar-refractivity contribution >= 4 is 0 Å². The molecule has 142 valence electrons. The monoisotopic (exact) mass is 352 g/mol. The summed E-state index contributed by atoms with van der Waals surface area (Å²) in [4.78, 5) is 0. The van der Waals surface area contributed by atoms with Gasteiger partial charge in [-0.25, -0.2) is 0 Å². The van der Waals surface area contributed by atoms with E-state index in [1.807, 2.05) is 0 Å². The summed E-state index contributed by atoms with van der Waals surface area (Å²) in [6.45, 7) is 0.879. The zero-order chi connectivity index (χ0) is 18.0. The molecule has 10 atom stereocenters. The Morgan fingerprint density at radius 1 is 0.917 bits per heavy atom. The molecule has 0 aromatic rings. The molecule has 0 spiro atoms. The number of hydrogen-bond acceptors (Lipinski definition) is 10. The van der Waals surface area contributed by atoms with Crippen molar-refractivity contribution in [1.82, 2.24) is 0 Å². The largest absolute Gasteiger partial charge is 0.394 e. The van der Waals surface area contributed by atoms with Crippen LogP contribution in [0.5, 0.6) is 0 Å². The molecule has 0 aromatic carbocycles. The molecule has 5 unspecified atom stereocenters. The van der Waals surface area contributed by atoms with Crippen molar-refractivity contribution < 1.29 is 39.4 Å². The quantitative estimate of drug-likeness (QED) is 0.289. The Bertz CT molecular complexity index is 399. The Labute approximate surface area is 140 Å². The van der Waals surface area contributed by atoms with Crippen LogP contribution in [0, 0.1) is 0 Å². The highest BCUT2D eigenvalue weighted by atomic mass is 16.7. The Kier molecular flexibility index (Phi) is 6.90. The van der Waals surface area contributed by atoms with Crippen molar-refractivity contribution in [1.29, 1.82) is 0 Å². The molecular weight excluding hydrogens is 324 g/mol. The molecule has 0 radical (unpaired) electrons. The van der Waals surface area contributed by atoms with Crippen molar-refractivity contribution in [3.05, 3.63) is 0 Å². The second kappa shape index (κ2) is 8.32. The maximum absolute atomic E-state index is 10.3. The third kappa shape index (κ3) is 3.73. The smallest absolute Gasteiger partial charge is 0.176 e. The Balaban J connectivity index is 2.12. The minimum Gasteiger partial charge on any atom is -0.394 e. The fraction of sp³-hybridized carbons (Fsp3) is 1.00. The summed E-state index contributed by atoms with van der Waals surface area (Å²) in [6.07, 6.45) is -7.35. The van der Waals surface area contributed by atoms with Crippen molar-refractivity contribution in [2.24, 2.45) is 11.5 Å². The van der Waals surface area contributed by atoms with E-state index >= 15 is 0 Å². The van der Waals surface area contributed by atoms with E-state index < -0.39 is 74.3 Å². The number of aliphatic hydroxyl groups excluding tert-OH is 4. The molecule has 0 aromatic heterocycles. The molecule has 2 fully saturated rings. The lowest BCUT2D eigenvalue weighted by Gasteiger charge is -2.47. The molecule has 2 heterocycles. The highest BCUT2D eigenvalue weighted by Crippen LogP contribution is 2.28. The van der Waals surface area contributed by atoms with E-state index in [2.05, 4.69) is 0 Å². The predicted molar refractivity (Wildman–Crippen MR) is 80.8 cm³/mol. The molecule has 10 heteroatoms. The van der Waals surface area contributed by atoms with Crippen LogP contribution in [-0.2, 0) is 18.9 Å². The van der Waals surface area contributed by atoms with Crippen molar-refractivity contribution in [2.45, 2.75) is 68.0 Å². The summed E-state index contributed by atoms with van der Waals surface area (Å²) in [5.41, 5.74) is 11.8. The molecule has 10 nitrogen and oxygen atoms in total. The van der Waals surface area contributed by atoms with Crippen LogP contribution in [0.4, 0.5) is 0 Å². The first-order valence-electron chi connectivity index (χ1n) is 7.93. The van der Waals surface area contributed by atoms with E-state index in [1.54, 1.807) is 6.92 Å². The second-order valence-corrected chi connectivity index (χ2v) is 6.22. The van der Waals surface area contributed by atoms with Crippen LogP contribution >= 0.6 is 0 Å². The molecule has 2 aliphatic rings. The van der Waals surface area contributed by atoms with Crippen LogP contribution in [0.25, 0.3) is 0 Å². The molecule has 24 heavy (non-hydrogen) atoms. The minimum atomic E-state index is -1.15. The number of rotatable bonds is 5. The van der Waals surface area contributed by atoms with E-state index in [0.29, 0.717) is 0 Å². The van der Waals surface area contributed by atoms with E-state index in [-0.39, 0.29) is 0 Å². The summed E-state index contributed by atoms with van der Waals surface area (Å²) in [6, 6.07) is -1.71. The van der Waals surface area contributed by atoms with E-state index in [0.717, 1.165) is 0 Å². The zero-order valence-electron chi connectivity index (χ0n) is 13.8. The maximum Gasteiger partial charge on any atom is 0.176 e. The Morgan fingerprint density at radius 3 is 2.00 bits per heavy atom. The lowest BCUT2D eigenvalue weighted by Crippen LogP contribution is -2.67. The first-order chi connectivity index (χ1) is 11.3. The van der Waals surface area contributed by atoms with Crippen molar-refractivity contribution in [3.8, 4) is 0 Å². The normalized spacial score (nSPS) is 50.0. The van der Waals surface area contributed by atoms with Crippen LogP contribution in [-0.4, -0.2) is 102 Å². The Hall–Kier alpha value is -0.400. The van der Waals surface area contributed by atoms with Gasteiger partial charge < -0.3 is 50.8 Å². The average Bonchev–Trinajstić information content (AvgIpc) is 2.58. The van der Waals surface area contributed by atoms with Gasteiger partial charge in [-0.15, -0.1) is 0 Å². The van der Waals surface area contributed by atoms with Gasteiger partial charge in [0.2, 0.25) is 0 Å². The van der Waals surface area contributed by atoms with Crippen LogP contribution in [0.3, 0.4) is 0 Å². The molecule has 2 saturated heterocycles. The lowest BCUT2D eigenvalue weighted by atomic mass is 9.93. The summed E-state index contributed by atoms with van der Waals surface area (Å²) >= 11 is 0. The first-order valence-corrected chi connectivity index (χ1v) is 7.93. The van der Waals surface area contributed by atoms with E-state index in [1.165, 1.54) is 7.11 Å². The fourth-order valence-corrected chi connectivity index (χ4v) is 3.13. The van der Waals surface area contributed by atoms with Crippen LogP contribution in [0.2, 0.25) is 0 Å². The van der Waals surface area contributed by atoms with Crippen molar-refractivity contribution in [3.63, 3.8) is 0 Å².